The zero-order valence-corrected chi connectivity index (χ0v) is 15.7. The Hall–Kier alpha value is -2.93. The summed E-state index contributed by atoms with van der Waals surface area (Å²) in [6.45, 7) is 2.04. The van der Waals surface area contributed by atoms with Crippen LogP contribution >= 0.6 is 0 Å². The minimum Gasteiger partial charge on any atom is -0.369 e. The molecule has 140 valence electrons. The number of likely N-dealkylation sites (N-methyl/N-ethyl adjacent to an activating group) is 1. The molecular formula is C20H24N6O. The smallest absolute Gasteiger partial charge is 0.231 e. The lowest BCUT2D eigenvalue weighted by molar-refractivity contribution is -0.115. The van der Waals surface area contributed by atoms with Crippen LogP contribution in [-0.4, -0.2) is 58.4 Å². The molecule has 7 heteroatoms. The van der Waals surface area contributed by atoms with E-state index >= 15 is 0 Å². The fourth-order valence-corrected chi connectivity index (χ4v) is 3.47. The molecule has 0 spiro atoms. The van der Waals surface area contributed by atoms with Crippen molar-refractivity contribution in [2.75, 3.05) is 37.4 Å². The quantitative estimate of drug-likeness (QED) is 0.751. The molecule has 4 heterocycles. The molecule has 1 aliphatic heterocycles. The van der Waals surface area contributed by atoms with Gasteiger partial charge in [-0.05, 0) is 44.8 Å². The zero-order chi connectivity index (χ0) is 18.8. The average Bonchev–Trinajstić information content (AvgIpc) is 3.29. The molecule has 4 rings (SSSR count). The van der Waals surface area contributed by atoms with Crippen LogP contribution in [0.15, 0.2) is 48.9 Å². The van der Waals surface area contributed by atoms with Gasteiger partial charge in [-0.3, -0.25) is 4.79 Å². The molecule has 1 N–H and O–H groups in total. The number of hydrogen-bond acceptors (Lipinski definition) is 5. The Labute approximate surface area is 158 Å². The van der Waals surface area contributed by atoms with Gasteiger partial charge in [0.2, 0.25) is 5.91 Å². The number of nitrogens with one attached hydrogen (secondary N) is 1. The van der Waals surface area contributed by atoms with E-state index in [-0.39, 0.29) is 12.3 Å². The van der Waals surface area contributed by atoms with Gasteiger partial charge < -0.3 is 19.5 Å². The Balaban J connectivity index is 1.36. The van der Waals surface area contributed by atoms with Crippen molar-refractivity contribution in [1.82, 2.24) is 19.3 Å². The maximum atomic E-state index is 12.3. The lowest BCUT2D eigenvalue weighted by atomic mass is 10.2. The summed E-state index contributed by atoms with van der Waals surface area (Å²) in [7, 11) is 4.24. The van der Waals surface area contributed by atoms with E-state index in [1.54, 1.807) is 0 Å². The summed E-state index contributed by atoms with van der Waals surface area (Å²) in [5.41, 5.74) is 2.67. The van der Waals surface area contributed by atoms with Crippen molar-refractivity contribution in [3.8, 4) is 0 Å². The van der Waals surface area contributed by atoms with Gasteiger partial charge in [-0.1, -0.05) is 6.07 Å². The van der Waals surface area contributed by atoms with E-state index in [0.29, 0.717) is 11.9 Å². The topological polar surface area (TPSA) is 65.8 Å². The summed E-state index contributed by atoms with van der Waals surface area (Å²) < 4.78 is 1.91. The van der Waals surface area contributed by atoms with Gasteiger partial charge in [0, 0.05) is 31.5 Å². The van der Waals surface area contributed by atoms with Crippen molar-refractivity contribution < 1.29 is 4.79 Å². The first-order chi connectivity index (χ1) is 13.1. The average molecular weight is 364 g/mol. The number of aromatic nitrogens is 3. The van der Waals surface area contributed by atoms with Gasteiger partial charge in [0.25, 0.3) is 0 Å². The van der Waals surface area contributed by atoms with Crippen LogP contribution in [0.2, 0.25) is 0 Å². The lowest BCUT2D eigenvalue weighted by Gasteiger charge is -2.21. The first kappa shape index (κ1) is 17.5. The van der Waals surface area contributed by atoms with Gasteiger partial charge in [0.1, 0.15) is 11.5 Å². The molecule has 1 amide bonds. The Kier molecular flexibility index (Phi) is 4.77. The monoisotopic (exact) mass is 364 g/mol. The second-order valence-corrected chi connectivity index (χ2v) is 7.18. The molecule has 0 aromatic carbocycles. The SMILES string of the molecule is CN(C)C1CCN(c2ccc(NC(=O)Cc3cn4ccccc4n3)nc2)C1. The normalized spacial score (nSPS) is 17.0. The number of fused-ring (bicyclic) bond motifs is 1. The van der Waals surface area contributed by atoms with E-state index in [1.807, 2.05) is 53.3 Å². The van der Waals surface area contributed by atoms with Crippen molar-refractivity contribution >= 4 is 23.1 Å². The van der Waals surface area contributed by atoms with Crippen LogP contribution in [0, 0.1) is 0 Å². The molecule has 0 radical (unpaired) electrons. The maximum absolute atomic E-state index is 12.3. The second kappa shape index (κ2) is 7.36. The number of rotatable bonds is 5. The summed E-state index contributed by atoms with van der Waals surface area (Å²) >= 11 is 0. The number of anilines is 2. The molecule has 7 nitrogen and oxygen atoms in total. The lowest BCUT2D eigenvalue weighted by Crippen LogP contribution is -2.31. The van der Waals surface area contributed by atoms with Crippen LogP contribution in [0.1, 0.15) is 12.1 Å². The van der Waals surface area contributed by atoms with Crippen molar-refractivity contribution in [2.45, 2.75) is 18.9 Å². The fourth-order valence-electron chi connectivity index (χ4n) is 3.47. The second-order valence-electron chi connectivity index (χ2n) is 7.18. The number of nitrogens with zero attached hydrogens (tertiary/aromatic N) is 5. The molecule has 0 saturated carbocycles. The van der Waals surface area contributed by atoms with Crippen LogP contribution in [0.3, 0.4) is 0 Å². The molecule has 1 atom stereocenters. The molecule has 3 aromatic rings. The highest BCUT2D eigenvalue weighted by Gasteiger charge is 2.24. The van der Waals surface area contributed by atoms with Crippen molar-refractivity contribution in [3.63, 3.8) is 0 Å². The zero-order valence-electron chi connectivity index (χ0n) is 15.7. The Morgan fingerprint density at radius 1 is 1.30 bits per heavy atom. The van der Waals surface area contributed by atoms with Crippen LogP contribution in [0.5, 0.6) is 0 Å². The van der Waals surface area contributed by atoms with E-state index in [0.717, 1.165) is 36.5 Å². The summed E-state index contributed by atoms with van der Waals surface area (Å²) in [5, 5.41) is 2.85. The molecule has 1 fully saturated rings. The van der Waals surface area contributed by atoms with Gasteiger partial charge in [-0.15, -0.1) is 0 Å². The molecule has 0 aliphatic carbocycles. The Morgan fingerprint density at radius 2 is 2.19 bits per heavy atom. The highest BCUT2D eigenvalue weighted by atomic mass is 16.1. The van der Waals surface area contributed by atoms with E-state index in [2.05, 4.69) is 39.2 Å². The predicted octanol–water partition coefficient (Wildman–Crippen LogP) is 2.05. The third kappa shape index (κ3) is 3.93. The first-order valence-electron chi connectivity index (χ1n) is 9.18. The summed E-state index contributed by atoms with van der Waals surface area (Å²) in [5.74, 6) is 0.448. The standard InChI is InChI=1S/C20H24N6O/c1-24(2)17-8-10-25(14-17)16-6-7-18(21-12-16)23-20(27)11-15-13-26-9-4-3-5-19(26)22-15/h3-7,9,12-13,17H,8,10-11,14H2,1-2H3,(H,21,23,27). The number of carbonyl (C=O) groups excluding carboxylic acids is 1. The predicted molar refractivity (Wildman–Crippen MR) is 106 cm³/mol. The van der Waals surface area contributed by atoms with E-state index in [1.165, 1.54) is 0 Å². The highest BCUT2D eigenvalue weighted by Crippen LogP contribution is 2.22. The van der Waals surface area contributed by atoms with Crippen LogP contribution in [0.25, 0.3) is 5.65 Å². The minimum absolute atomic E-state index is 0.118. The van der Waals surface area contributed by atoms with Crippen molar-refractivity contribution in [3.05, 3.63) is 54.6 Å². The van der Waals surface area contributed by atoms with Gasteiger partial charge in [0.15, 0.2) is 0 Å². The number of imidazole rings is 1. The third-order valence-corrected chi connectivity index (χ3v) is 5.03. The molecule has 0 bridgehead atoms. The van der Waals surface area contributed by atoms with Crippen molar-refractivity contribution in [1.29, 1.82) is 0 Å². The van der Waals surface area contributed by atoms with E-state index in [4.69, 9.17) is 0 Å². The molecule has 3 aromatic heterocycles. The number of pyridine rings is 2. The van der Waals surface area contributed by atoms with E-state index in [9.17, 15) is 4.79 Å². The third-order valence-electron chi connectivity index (χ3n) is 5.03. The van der Waals surface area contributed by atoms with Gasteiger partial charge in [-0.2, -0.15) is 0 Å². The van der Waals surface area contributed by atoms with Gasteiger partial charge in [0.05, 0.1) is 24.0 Å². The summed E-state index contributed by atoms with van der Waals surface area (Å²) in [6.07, 6.45) is 7.01. The maximum Gasteiger partial charge on any atom is 0.231 e. The highest BCUT2D eigenvalue weighted by molar-refractivity contribution is 5.91. The Bertz CT molecular complexity index is 900. The number of amides is 1. The largest absolute Gasteiger partial charge is 0.369 e. The minimum atomic E-state index is -0.118. The van der Waals surface area contributed by atoms with Gasteiger partial charge in [-0.25, -0.2) is 9.97 Å². The van der Waals surface area contributed by atoms with E-state index < -0.39 is 0 Å². The molecule has 1 saturated heterocycles. The number of carbonyl (C=O) groups is 1. The number of hydrogen-bond donors (Lipinski definition) is 1. The summed E-state index contributed by atoms with van der Waals surface area (Å²) in [4.78, 5) is 25.8. The molecule has 27 heavy (non-hydrogen) atoms. The Morgan fingerprint density at radius 3 is 2.89 bits per heavy atom. The van der Waals surface area contributed by atoms with Gasteiger partial charge >= 0.3 is 0 Å². The molecular weight excluding hydrogens is 340 g/mol. The fraction of sp³-hybridized carbons (Fsp3) is 0.350. The molecule has 1 aliphatic rings. The first-order valence-corrected chi connectivity index (χ1v) is 9.18. The molecule has 1 unspecified atom stereocenters. The van der Waals surface area contributed by atoms with Crippen molar-refractivity contribution in [2.24, 2.45) is 0 Å². The van der Waals surface area contributed by atoms with Crippen LogP contribution < -0.4 is 10.2 Å². The van der Waals surface area contributed by atoms with Crippen LogP contribution in [0.4, 0.5) is 11.5 Å². The summed E-state index contributed by atoms with van der Waals surface area (Å²) in [6, 6.07) is 10.2. The van der Waals surface area contributed by atoms with Crippen LogP contribution in [-0.2, 0) is 11.2 Å².